The predicted molar refractivity (Wildman–Crippen MR) is 69.3 cm³/mol. The highest BCUT2D eigenvalue weighted by atomic mass is 16.6. The molecular weight excluding hydrogens is 250 g/mol. The summed E-state index contributed by atoms with van der Waals surface area (Å²) in [5.74, 6) is 0.669. The lowest BCUT2D eigenvalue weighted by molar-refractivity contribution is -0.385. The molecule has 0 saturated carbocycles. The van der Waals surface area contributed by atoms with Crippen molar-refractivity contribution < 1.29 is 9.66 Å². The van der Waals surface area contributed by atoms with Crippen LogP contribution < -0.4 is 10.1 Å². The van der Waals surface area contributed by atoms with Gasteiger partial charge in [0.1, 0.15) is 6.33 Å². The summed E-state index contributed by atoms with van der Waals surface area (Å²) < 4.78 is 4.90. The number of rotatable bonds is 5. The van der Waals surface area contributed by atoms with Gasteiger partial charge in [-0.05, 0) is 25.9 Å². The maximum atomic E-state index is 11.0. The zero-order valence-corrected chi connectivity index (χ0v) is 11.0. The van der Waals surface area contributed by atoms with E-state index < -0.39 is 4.92 Å². The summed E-state index contributed by atoms with van der Waals surface area (Å²) in [4.78, 5) is 20.4. The van der Waals surface area contributed by atoms with Gasteiger partial charge in [-0.1, -0.05) is 0 Å². The van der Waals surface area contributed by atoms with E-state index in [0.29, 0.717) is 12.5 Å². The fourth-order valence-corrected chi connectivity index (χ4v) is 2.24. The van der Waals surface area contributed by atoms with Gasteiger partial charge in [-0.3, -0.25) is 10.1 Å². The number of nitro groups is 1. The third kappa shape index (κ3) is 3.08. The molecule has 1 saturated heterocycles. The fraction of sp³-hybridized carbons (Fsp3) is 0.636. The summed E-state index contributed by atoms with van der Waals surface area (Å²) in [5.41, 5.74) is -0.212. The first-order valence-electron chi connectivity index (χ1n) is 6.07. The number of likely N-dealkylation sites (tertiary alicyclic amines) is 1. The topological polar surface area (TPSA) is 93.4 Å². The van der Waals surface area contributed by atoms with Gasteiger partial charge in [0.25, 0.3) is 5.88 Å². The summed E-state index contributed by atoms with van der Waals surface area (Å²) in [6.07, 6.45) is 2.34. The van der Waals surface area contributed by atoms with E-state index in [0.717, 1.165) is 19.5 Å². The Labute approximate surface area is 110 Å². The number of nitrogens with zero attached hydrogens (tertiary/aromatic N) is 4. The van der Waals surface area contributed by atoms with E-state index in [-0.39, 0.29) is 17.4 Å². The molecule has 19 heavy (non-hydrogen) atoms. The molecule has 1 atom stereocenters. The van der Waals surface area contributed by atoms with Gasteiger partial charge in [0.05, 0.1) is 12.0 Å². The van der Waals surface area contributed by atoms with Crippen LogP contribution in [-0.2, 0) is 0 Å². The fourth-order valence-electron chi connectivity index (χ4n) is 2.24. The van der Waals surface area contributed by atoms with Gasteiger partial charge >= 0.3 is 5.69 Å². The molecule has 8 nitrogen and oxygen atoms in total. The van der Waals surface area contributed by atoms with Crippen molar-refractivity contribution in [3.8, 4) is 5.88 Å². The van der Waals surface area contributed by atoms with Gasteiger partial charge < -0.3 is 15.0 Å². The van der Waals surface area contributed by atoms with E-state index in [9.17, 15) is 10.1 Å². The van der Waals surface area contributed by atoms with E-state index >= 15 is 0 Å². The zero-order chi connectivity index (χ0) is 13.8. The lowest BCUT2D eigenvalue weighted by atomic mass is 10.1. The summed E-state index contributed by atoms with van der Waals surface area (Å²) in [5, 5.41) is 14.1. The number of hydrogen-bond acceptors (Lipinski definition) is 7. The molecule has 1 aromatic rings. The first-order chi connectivity index (χ1) is 9.11. The molecule has 0 aliphatic carbocycles. The Morgan fingerprint density at radius 2 is 2.42 bits per heavy atom. The SMILES string of the molecule is COc1ncnc(NCC2CCN(C)C2)c1[N+](=O)[O-]. The molecule has 0 bridgehead atoms. The molecule has 8 heteroatoms. The molecule has 2 rings (SSSR count). The summed E-state index contributed by atoms with van der Waals surface area (Å²) in [6.45, 7) is 2.70. The number of hydrogen-bond donors (Lipinski definition) is 1. The third-order valence-electron chi connectivity index (χ3n) is 3.21. The average Bonchev–Trinajstić information content (AvgIpc) is 2.81. The largest absolute Gasteiger partial charge is 0.476 e. The Bertz CT molecular complexity index is 468. The number of methoxy groups -OCH3 is 1. The van der Waals surface area contributed by atoms with Crippen molar-refractivity contribution >= 4 is 11.5 Å². The summed E-state index contributed by atoms with van der Waals surface area (Å²) in [6, 6.07) is 0. The molecule has 0 spiro atoms. The highest BCUT2D eigenvalue weighted by Gasteiger charge is 2.25. The number of aromatic nitrogens is 2. The highest BCUT2D eigenvalue weighted by molar-refractivity contribution is 5.61. The Hall–Kier alpha value is -1.96. The maximum Gasteiger partial charge on any atom is 0.372 e. The van der Waals surface area contributed by atoms with Crippen molar-refractivity contribution in [1.29, 1.82) is 0 Å². The Kier molecular flexibility index (Phi) is 4.10. The minimum atomic E-state index is -0.526. The van der Waals surface area contributed by atoms with Crippen LogP contribution in [0.3, 0.4) is 0 Å². The van der Waals surface area contributed by atoms with Crippen LogP contribution in [0, 0.1) is 16.0 Å². The molecule has 0 amide bonds. The second-order valence-electron chi connectivity index (χ2n) is 4.64. The molecule has 1 aromatic heterocycles. The highest BCUT2D eigenvalue weighted by Crippen LogP contribution is 2.30. The van der Waals surface area contributed by atoms with E-state index in [2.05, 4.69) is 27.2 Å². The zero-order valence-electron chi connectivity index (χ0n) is 11.0. The quantitative estimate of drug-likeness (QED) is 0.621. The Morgan fingerprint density at radius 3 is 3.00 bits per heavy atom. The number of nitrogens with one attached hydrogen (secondary N) is 1. The smallest absolute Gasteiger partial charge is 0.372 e. The van der Waals surface area contributed by atoms with E-state index in [1.54, 1.807) is 0 Å². The van der Waals surface area contributed by atoms with Crippen molar-refractivity contribution in [2.24, 2.45) is 5.92 Å². The molecule has 1 aliphatic heterocycles. The lowest BCUT2D eigenvalue weighted by Gasteiger charge is -2.12. The molecule has 1 unspecified atom stereocenters. The van der Waals surface area contributed by atoms with E-state index in [1.807, 2.05) is 0 Å². The van der Waals surface area contributed by atoms with Gasteiger partial charge in [-0.15, -0.1) is 0 Å². The molecule has 104 valence electrons. The van der Waals surface area contributed by atoms with Crippen LogP contribution >= 0.6 is 0 Å². The van der Waals surface area contributed by atoms with E-state index in [1.165, 1.54) is 13.4 Å². The van der Waals surface area contributed by atoms with Crippen LogP contribution in [0.1, 0.15) is 6.42 Å². The lowest BCUT2D eigenvalue weighted by Crippen LogP contribution is -2.20. The van der Waals surface area contributed by atoms with Crippen LogP contribution in [-0.4, -0.2) is 53.6 Å². The minimum absolute atomic E-state index is 0.0222. The normalized spacial score (nSPS) is 19.4. The molecule has 1 fully saturated rings. The van der Waals surface area contributed by atoms with Crippen molar-refractivity contribution in [2.75, 3.05) is 39.1 Å². The van der Waals surface area contributed by atoms with Crippen LogP contribution in [0.5, 0.6) is 5.88 Å². The average molecular weight is 267 g/mol. The summed E-state index contributed by atoms with van der Waals surface area (Å²) >= 11 is 0. The standard InChI is InChI=1S/C11H17N5O3/c1-15-4-3-8(6-15)5-12-10-9(16(17)18)11(19-2)14-7-13-10/h7-8H,3-6H2,1-2H3,(H,12,13,14). The third-order valence-corrected chi connectivity index (χ3v) is 3.21. The van der Waals surface area contributed by atoms with Gasteiger partial charge in [0, 0.05) is 13.1 Å². The summed E-state index contributed by atoms with van der Waals surface area (Å²) in [7, 11) is 3.42. The molecule has 1 aliphatic rings. The van der Waals surface area contributed by atoms with Crippen LogP contribution in [0.2, 0.25) is 0 Å². The van der Waals surface area contributed by atoms with Crippen molar-refractivity contribution in [2.45, 2.75) is 6.42 Å². The first-order valence-corrected chi connectivity index (χ1v) is 6.07. The van der Waals surface area contributed by atoms with Crippen molar-refractivity contribution in [1.82, 2.24) is 14.9 Å². The molecule has 0 aromatic carbocycles. The van der Waals surface area contributed by atoms with Crippen LogP contribution in [0.4, 0.5) is 11.5 Å². The molecule has 1 N–H and O–H groups in total. The van der Waals surface area contributed by atoms with E-state index in [4.69, 9.17) is 4.74 Å². The van der Waals surface area contributed by atoms with Crippen molar-refractivity contribution in [3.05, 3.63) is 16.4 Å². The number of ether oxygens (including phenoxy) is 1. The van der Waals surface area contributed by atoms with Crippen molar-refractivity contribution in [3.63, 3.8) is 0 Å². The monoisotopic (exact) mass is 267 g/mol. The molecule has 2 heterocycles. The van der Waals surface area contributed by atoms with Gasteiger partial charge in [-0.25, -0.2) is 4.98 Å². The maximum absolute atomic E-state index is 11.0. The number of anilines is 1. The van der Waals surface area contributed by atoms with Gasteiger partial charge in [0.2, 0.25) is 5.82 Å². The van der Waals surface area contributed by atoms with Gasteiger partial charge in [0.15, 0.2) is 0 Å². The Balaban J connectivity index is 2.09. The van der Waals surface area contributed by atoms with Gasteiger partial charge in [-0.2, -0.15) is 4.98 Å². The molecular formula is C11H17N5O3. The first kappa shape index (κ1) is 13.5. The van der Waals surface area contributed by atoms with Crippen LogP contribution in [0.15, 0.2) is 6.33 Å². The second-order valence-corrected chi connectivity index (χ2v) is 4.64. The second kappa shape index (κ2) is 5.79. The Morgan fingerprint density at radius 1 is 1.63 bits per heavy atom. The molecule has 0 radical (unpaired) electrons. The minimum Gasteiger partial charge on any atom is -0.476 e. The van der Waals surface area contributed by atoms with Crippen LogP contribution in [0.25, 0.3) is 0 Å². The predicted octanol–water partition coefficient (Wildman–Crippen LogP) is 0.757.